The van der Waals surface area contributed by atoms with Gasteiger partial charge in [-0.3, -0.25) is 4.40 Å². The highest BCUT2D eigenvalue weighted by atomic mass is 15.0. The van der Waals surface area contributed by atoms with Gasteiger partial charge in [0, 0.05) is 22.7 Å². The van der Waals surface area contributed by atoms with Gasteiger partial charge >= 0.3 is 0 Å². The predicted octanol–water partition coefficient (Wildman–Crippen LogP) is 6.02. The predicted molar refractivity (Wildman–Crippen MR) is 113 cm³/mol. The zero-order valence-corrected chi connectivity index (χ0v) is 15.6. The molecule has 130 valence electrons. The highest BCUT2D eigenvalue weighted by molar-refractivity contribution is 6.13. The molecule has 3 aromatic carbocycles. The van der Waals surface area contributed by atoms with E-state index in [1.165, 1.54) is 55.2 Å². The maximum Gasteiger partial charge on any atom is 0.145 e. The average Bonchev–Trinajstić information content (AvgIpc) is 3.13. The molecule has 3 heterocycles. The van der Waals surface area contributed by atoms with Gasteiger partial charge in [0.15, 0.2) is 0 Å². The molecule has 6 rings (SSSR count). The smallest absolute Gasteiger partial charge is 0.145 e. The number of benzene rings is 3. The highest BCUT2D eigenvalue weighted by Crippen LogP contribution is 2.40. The Kier molecular flexibility index (Phi) is 2.88. The number of rotatable bonds is 1. The molecule has 0 atom stereocenters. The fourth-order valence-electron chi connectivity index (χ4n) is 5.00. The van der Waals surface area contributed by atoms with E-state index in [-0.39, 0.29) is 0 Å². The first-order chi connectivity index (χ1) is 13.2. The van der Waals surface area contributed by atoms with Crippen LogP contribution in [0.25, 0.3) is 38.4 Å². The summed E-state index contributed by atoms with van der Waals surface area (Å²) < 4.78 is 2.41. The molecule has 0 saturated heterocycles. The normalized spacial score (nSPS) is 13.3. The van der Waals surface area contributed by atoms with Crippen molar-refractivity contribution in [3.63, 3.8) is 0 Å². The number of imidazole rings is 1. The van der Waals surface area contributed by atoms with E-state index in [9.17, 15) is 0 Å². The molecule has 5 aromatic rings. The Hall–Kier alpha value is -3.13. The van der Waals surface area contributed by atoms with Gasteiger partial charge in [-0.05, 0) is 59.9 Å². The molecule has 2 heteroatoms. The van der Waals surface area contributed by atoms with Crippen LogP contribution in [0.1, 0.15) is 22.4 Å². The molecule has 1 aliphatic heterocycles. The van der Waals surface area contributed by atoms with E-state index < -0.39 is 0 Å². The Morgan fingerprint density at radius 1 is 0.778 bits per heavy atom. The molecule has 27 heavy (non-hydrogen) atoms. The zero-order valence-electron chi connectivity index (χ0n) is 15.6. The maximum absolute atomic E-state index is 4.80. The van der Waals surface area contributed by atoms with Crippen molar-refractivity contribution in [2.24, 2.45) is 0 Å². The minimum absolute atomic E-state index is 1.05. The van der Waals surface area contributed by atoms with Crippen LogP contribution < -0.4 is 0 Å². The molecule has 2 nitrogen and oxygen atoms in total. The third-order valence-electron chi connectivity index (χ3n) is 6.18. The van der Waals surface area contributed by atoms with Gasteiger partial charge < -0.3 is 0 Å². The molecule has 0 N–H and O–H groups in total. The van der Waals surface area contributed by atoms with Crippen molar-refractivity contribution >= 4 is 27.3 Å². The van der Waals surface area contributed by atoms with Crippen molar-refractivity contribution in [1.82, 2.24) is 9.38 Å². The molecule has 0 unspecified atom stereocenters. The Morgan fingerprint density at radius 2 is 1.56 bits per heavy atom. The van der Waals surface area contributed by atoms with E-state index in [1.807, 2.05) is 0 Å². The Labute approximate surface area is 158 Å². The second-order valence-corrected chi connectivity index (χ2v) is 7.71. The van der Waals surface area contributed by atoms with Crippen LogP contribution in [0.4, 0.5) is 0 Å². The van der Waals surface area contributed by atoms with Crippen molar-refractivity contribution in [1.29, 1.82) is 0 Å². The van der Waals surface area contributed by atoms with Crippen molar-refractivity contribution in [3.05, 3.63) is 83.2 Å². The van der Waals surface area contributed by atoms with E-state index in [0.29, 0.717) is 0 Å². The molecule has 0 amide bonds. The lowest BCUT2D eigenvalue weighted by molar-refractivity contribution is 0.878. The minimum atomic E-state index is 1.05. The lowest BCUT2D eigenvalue weighted by Crippen LogP contribution is -2.09. The molecule has 0 fully saturated rings. The maximum atomic E-state index is 4.80. The quantitative estimate of drug-likeness (QED) is 0.338. The summed E-state index contributed by atoms with van der Waals surface area (Å²) in [6, 6.07) is 19.9. The van der Waals surface area contributed by atoms with Crippen LogP contribution in [0.15, 0.2) is 60.8 Å². The molecule has 2 aromatic heterocycles. The van der Waals surface area contributed by atoms with Gasteiger partial charge in [-0.15, -0.1) is 0 Å². The first-order valence-electron chi connectivity index (χ1n) is 9.63. The number of pyridine rings is 1. The topological polar surface area (TPSA) is 17.3 Å². The first kappa shape index (κ1) is 15.0. The standard InChI is InChI=1S/C25H20N2/c1-15-6-5-7-16(2)23(15)19-12-13-20-18-8-3-4-9-22(18)25-26-14-17-10-11-21(19)24(20)27(17)25/h3-9,12-14H,10-11H2,1-2H3. The van der Waals surface area contributed by atoms with Crippen LogP contribution in [0.5, 0.6) is 0 Å². The van der Waals surface area contributed by atoms with Gasteiger partial charge in [0.1, 0.15) is 5.65 Å². The molecular formula is C25H20N2. The van der Waals surface area contributed by atoms with Crippen molar-refractivity contribution < 1.29 is 0 Å². The van der Waals surface area contributed by atoms with Crippen molar-refractivity contribution in [2.75, 3.05) is 0 Å². The van der Waals surface area contributed by atoms with E-state index in [1.54, 1.807) is 0 Å². The number of hydrogen-bond acceptors (Lipinski definition) is 1. The molecule has 0 bridgehead atoms. The fourth-order valence-corrected chi connectivity index (χ4v) is 5.00. The third kappa shape index (κ3) is 1.88. The van der Waals surface area contributed by atoms with Gasteiger partial charge in [0.25, 0.3) is 0 Å². The lowest BCUT2D eigenvalue weighted by Gasteiger charge is -2.23. The summed E-state index contributed by atoms with van der Waals surface area (Å²) in [4.78, 5) is 4.80. The Balaban J connectivity index is 1.87. The van der Waals surface area contributed by atoms with Crippen LogP contribution in [-0.2, 0) is 12.8 Å². The number of hydrogen-bond donors (Lipinski definition) is 0. The number of nitrogens with zero attached hydrogens (tertiary/aromatic N) is 2. The zero-order chi connectivity index (χ0) is 18.1. The van der Waals surface area contributed by atoms with E-state index >= 15 is 0 Å². The summed E-state index contributed by atoms with van der Waals surface area (Å²) in [7, 11) is 0. The van der Waals surface area contributed by atoms with Gasteiger partial charge in [-0.25, -0.2) is 4.98 Å². The van der Waals surface area contributed by atoms with Crippen LogP contribution in [0.2, 0.25) is 0 Å². The monoisotopic (exact) mass is 348 g/mol. The number of fused-ring (bicyclic) bond motifs is 3. The summed E-state index contributed by atoms with van der Waals surface area (Å²) in [6.45, 7) is 4.45. The summed E-state index contributed by atoms with van der Waals surface area (Å²) in [5, 5.41) is 3.87. The molecule has 1 aliphatic rings. The van der Waals surface area contributed by atoms with Crippen molar-refractivity contribution in [3.8, 4) is 11.1 Å². The van der Waals surface area contributed by atoms with Gasteiger partial charge in [0.05, 0.1) is 5.52 Å². The fraction of sp³-hybridized carbons (Fsp3) is 0.160. The van der Waals surface area contributed by atoms with Gasteiger partial charge in [-0.1, -0.05) is 54.6 Å². The van der Waals surface area contributed by atoms with E-state index in [0.717, 1.165) is 18.5 Å². The first-order valence-corrected chi connectivity index (χ1v) is 9.63. The van der Waals surface area contributed by atoms with Crippen molar-refractivity contribution in [2.45, 2.75) is 26.7 Å². The van der Waals surface area contributed by atoms with Gasteiger partial charge in [-0.2, -0.15) is 0 Å². The largest absolute Gasteiger partial charge is 0.296 e. The molecule has 0 aliphatic carbocycles. The highest BCUT2D eigenvalue weighted by Gasteiger charge is 2.23. The SMILES string of the molecule is Cc1cccc(C)c1-c1ccc2c3ccccc3c3ncc4n3c2c1CC4. The molecule has 0 spiro atoms. The summed E-state index contributed by atoms with van der Waals surface area (Å²) in [5.41, 5.74) is 10.7. The summed E-state index contributed by atoms with van der Waals surface area (Å²) in [5.74, 6) is 0. The molecular weight excluding hydrogens is 328 g/mol. The number of aromatic nitrogens is 2. The Morgan fingerprint density at radius 3 is 2.37 bits per heavy atom. The third-order valence-corrected chi connectivity index (χ3v) is 6.18. The van der Waals surface area contributed by atoms with Crippen LogP contribution in [0, 0.1) is 13.8 Å². The average molecular weight is 348 g/mol. The van der Waals surface area contributed by atoms with Crippen LogP contribution in [-0.4, -0.2) is 9.38 Å². The molecule has 0 saturated carbocycles. The minimum Gasteiger partial charge on any atom is -0.296 e. The van der Waals surface area contributed by atoms with E-state index in [4.69, 9.17) is 4.98 Å². The summed E-state index contributed by atoms with van der Waals surface area (Å²) >= 11 is 0. The number of aryl methyl sites for hydroxylation is 4. The second-order valence-electron chi connectivity index (χ2n) is 7.71. The molecule has 0 radical (unpaired) electrons. The second kappa shape index (κ2) is 5.20. The summed E-state index contributed by atoms with van der Waals surface area (Å²) in [6.07, 6.45) is 4.18. The van der Waals surface area contributed by atoms with E-state index in [2.05, 4.69) is 79.0 Å². The van der Waals surface area contributed by atoms with Gasteiger partial charge in [0.2, 0.25) is 0 Å². The lowest BCUT2D eigenvalue weighted by atomic mass is 9.87. The van der Waals surface area contributed by atoms with Crippen LogP contribution in [0.3, 0.4) is 0 Å². The Bertz CT molecular complexity index is 1370. The van der Waals surface area contributed by atoms with Crippen LogP contribution >= 0.6 is 0 Å².